The molecule has 0 fully saturated rings. The van der Waals surface area contributed by atoms with Crippen LogP contribution >= 0.6 is 0 Å². The summed E-state index contributed by atoms with van der Waals surface area (Å²) in [4.78, 5) is 4.16. The molecular formula is C12H12N4O2. The number of benzene rings is 1. The highest BCUT2D eigenvalue weighted by atomic mass is 16.6. The van der Waals surface area contributed by atoms with E-state index in [1.54, 1.807) is 6.20 Å². The molecule has 1 aromatic carbocycles. The smallest absolute Gasteiger partial charge is 0.240 e. The van der Waals surface area contributed by atoms with E-state index in [2.05, 4.69) is 15.2 Å². The maximum Gasteiger partial charge on any atom is 0.240 e. The lowest BCUT2D eigenvalue weighted by Gasteiger charge is -2.20. The number of nitrogens with two attached hydrogens (primary N) is 1. The molecule has 6 nitrogen and oxygen atoms in total. The fraction of sp³-hybridized carbons (Fsp3) is 0.250. The molecule has 0 saturated heterocycles. The van der Waals surface area contributed by atoms with Gasteiger partial charge in [0.1, 0.15) is 13.2 Å². The summed E-state index contributed by atoms with van der Waals surface area (Å²) in [5, 5.41) is 7.45. The van der Waals surface area contributed by atoms with Crippen molar-refractivity contribution in [3.63, 3.8) is 0 Å². The average molecular weight is 244 g/mol. The van der Waals surface area contributed by atoms with Crippen molar-refractivity contribution in [1.82, 2.24) is 15.2 Å². The summed E-state index contributed by atoms with van der Waals surface area (Å²) in [6.45, 7) is 3.11. The first kappa shape index (κ1) is 10.8. The number of nitrogens with zero attached hydrogens (tertiary/aromatic N) is 3. The van der Waals surface area contributed by atoms with Crippen molar-refractivity contribution < 1.29 is 9.47 Å². The topological polar surface area (TPSA) is 83.2 Å². The first-order valence-corrected chi connectivity index (χ1v) is 5.60. The fourth-order valence-corrected chi connectivity index (χ4v) is 1.91. The molecule has 2 N–H and O–H groups in total. The van der Waals surface area contributed by atoms with E-state index in [1.807, 2.05) is 19.1 Å². The second-order valence-electron chi connectivity index (χ2n) is 4.01. The van der Waals surface area contributed by atoms with Crippen LogP contribution in [0.4, 0.5) is 5.95 Å². The molecule has 2 heterocycles. The minimum absolute atomic E-state index is 0.154. The van der Waals surface area contributed by atoms with E-state index in [9.17, 15) is 0 Å². The van der Waals surface area contributed by atoms with Gasteiger partial charge in [-0.1, -0.05) is 0 Å². The summed E-state index contributed by atoms with van der Waals surface area (Å²) in [5.74, 6) is 1.64. The van der Waals surface area contributed by atoms with Gasteiger partial charge >= 0.3 is 0 Å². The van der Waals surface area contributed by atoms with Gasteiger partial charge in [-0.05, 0) is 24.6 Å². The third-order valence-electron chi connectivity index (χ3n) is 2.74. The third-order valence-corrected chi connectivity index (χ3v) is 2.74. The maximum atomic E-state index is 5.55. The highest BCUT2D eigenvalue weighted by Gasteiger charge is 2.15. The highest BCUT2D eigenvalue weighted by Crippen LogP contribution is 2.36. The number of ether oxygens (including phenoxy) is 2. The summed E-state index contributed by atoms with van der Waals surface area (Å²) in [7, 11) is 0. The molecule has 18 heavy (non-hydrogen) atoms. The molecule has 0 radical (unpaired) electrons. The van der Waals surface area contributed by atoms with Crippen molar-refractivity contribution in [2.45, 2.75) is 6.92 Å². The molecule has 0 bridgehead atoms. The Morgan fingerprint density at radius 3 is 2.61 bits per heavy atom. The highest BCUT2D eigenvalue weighted by molar-refractivity contribution is 5.68. The quantitative estimate of drug-likeness (QED) is 0.811. The number of hydrogen-bond acceptors (Lipinski definition) is 6. The summed E-state index contributed by atoms with van der Waals surface area (Å²) in [5.41, 5.74) is 8.17. The lowest BCUT2D eigenvalue weighted by atomic mass is 10.0. The van der Waals surface area contributed by atoms with E-state index in [0.29, 0.717) is 18.9 Å². The van der Waals surface area contributed by atoms with Crippen LogP contribution in [-0.2, 0) is 0 Å². The molecule has 0 spiro atoms. The van der Waals surface area contributed by atoms with Gasteiger partial charge in [0.15, 0.2) is 11.5 Å². The van der Waals surface area contributed by atoms with Gasteiger partial charge in [0.25, 0.3) is 0 Å². The van der Waals surface area contributed by atoms with Crippen LogP contribution in [0.1, 0.15) is 5.56 Å². The molecular weight excluding hydrogens is 232 g/mol. The van der Waals surface area contributed by atoms with Gasteiger partial charge in [0, 0.05) is 5.56 Å². The molecule has 1 aliphatic rings. The van der Waals surface area contributed by atoms with E-state index in [4.69, 9.17) is 15.2 Å². The normalized spacial score (nSPS) is 13.4. The molecule has 0 atom stereocenters. The Morgan fingerprint density at radius 2 is 1.89 bits per heavy atom. The summed E-state index contributed by atoms with van der Waals surface area (Å²) in [6.07, 6.45) is 1.58. The Labute approximate surface area is 104 Å². The van der Waals surface area contributed by atoms with Crippen molar-refractivity contribution in [3.8, 4) is 22.8 Å². The van der Waals surface area contributed by atoms with Gasteiger partial charge in [0.2, 0.25) is 5.95 Å². The van der Waals surface area contributed by atoms with Crippen LogP contribution < -0.4 is 15.2 Å². The standard InChI is InChI=1S/C12H12N4O2/c1-7-4-10-11(18-3-2-17-10)5-8(7)9-6-14-16-12(13)15-9/h4-6H,2-3H2,1H3,(H2,13,15,16). The molecule has 0 unspecified atom stereocenters. The number of hydrogen-bond donors (Lipinski definition) is 1. The molecule has 3 rings (SSSR count). The van der Waals surface area contributed by atoms with Gasteiger partial charge in [-0.25, -0.2) is 4.98 Å². The van der Waals surface area contributed by atoms with Crippen LogP contribution in [0.15, 0.2) is 18.3 Å². The molecule has 0 amide bonds. The van der Waals surface area contributed by atoms with Crippen LogP contribution in [0, 0.1) is 6.92 Å². The predicted octanol–water partition coefficient (Wildman–Crippen LogP) is 1.20. The van der Waals surface area contributed by atoms with E-state index >= 15 is 0 Å². The van der Waals surface area contributed by atoms with Crippen molar-refractivity contribution in [2.75, 3.05) is 18.9 Å². The minimum atomic E-state index is 0.154. The van der Waals surface area contributed by atoms with Gasteiger partial charge in [-0.3, -0.25) is 0 Å². The molecule has 92 valence electrons. The van der Waals surface area contributed by atoms with Crippen LogP contribution in [0.2, 0.25) is 0 Å². The summed E-state index contributed by atoms with van der Waals surface area (Å²) in [6, 6.07) is 3.83. The van der Waals surface area contributed by atoms with E-state index in [1.165, 1.54) is 0 Å². The number of aromatic nitrogens is 3. The van der Waals surface area contributed by atoms with Crippen LogP contribution in [-0.4, -0.2) is 28.4 Å². The third kappa shape index (κ3) is 1.81. The average Bonchev–Trinajstić information content (AvgIpc) is 2.38. The van der Waals surface area contributed by atoms with Crippen molar-refractivity contribution in [2.24, 2.45) is 0 Å². The Balaban J connectivity index is 2.12. The Bertz CT molecular complexity index is 601. The van der Waals surface area contributed by atoms with Gasteiger partial charge in [0.05, 0.1) is 11.9 Å². The monoisotopic (exact) mass is 244 g/mol. The fourth-order valence-electron chi connectivity index (χ4n) is 1.91. The van der Waals surface area contributed by atoms with Gasteiger partial charge < -0.3 is 15.2 Å². The van der Waals surface area contributed by atoms with E-state index in [0.717, 1.165) is 22.6 Å². The Morgan fingerprint density at radius 1 is 1.17 bits per heavy atom. The predicted molar refractivity (Wildman–Crippen MR) is 65.4 cm³/mol. The number of anilines is 1. The van der Waals surface area contributed by atoms with Crippen LogP contribution in [0.25, 0.3) is 11.3 Å². The second-order valence-corrected chi connectivity index (χ2v) is 4.01. The molecule has 2 aromatic rings. The zero-order valence-corrected chi connectivity index (χ0v) is 9.88. The number of nitrogen functional groups attached to an aromatic ring is 1. The number of aryl methyl sites for hydroxylation is 1. The largest absolute Gasteiger partial charge is 0.486 e. The van der Waals surface area contributed by atoms with Gasteiger partial charge in [-0.2, -0.15) is 5.10 Å². The van der Waals surface area contributed by atoms with Gasteiger partial charge in [-0.15, -0.1) is 5.10 Å². The lowest BCUT2D eigenvalue weighted by Crippen LogP contribution is -2.15. The maximum absolute atomic E-state index is 5.55. The van der Waals surface area contributed by atoms with Crippen molar-refractivity contribution in [1.29, 1.82) is 0 Å². The second kappa shape index (κ2) is 4.14. The number of fused-ring (bicyclic) bond motifs is 1. The van der Waals surface area contributed by atoms with Crippen LogP contribution in [0.5, 0.6) is 11.5 Å². The molecule has 6 heteroatoms. The Kier molecular flexibility index (Phi) is 2.47. The first-order chi connectivity index (χ1) is 8.74. The molecule has 0 aliphatic carbocycles. The lowest BCUT2D eigenvalue weighted by molar-refractivity contribution is 0.171. The minimum Gasteiger partial charge on any atom is -0.486 e. The Hall–Kier alpha value is -2.37. The van der Waals surface area contributed by atoms with E-state index < -0.39 is 0 Å². The van der Waals surface area contributed by atoms with Crippen molar-refractivity contribution in [3.05, 3.63) is 23.9 Å². The number of rotatable bonds is 1. The zero-order valence-electron chi connectivity index (χ0n) is 9.88. The zero-order chi connectivity index (χ0) is 12.5. The molecule has 0 saturated carbocycles. The summed E-state index contributed by atoms with van der Waals surface area (Å²) >= 11 is 0. The summed E-state index contributed by atoms with van der Waals surface area (Å²) < 4.78 is 11.1. The molecule has 1 aromatic heterocycles. The first-order valence-electron chi connectivity index (χ1n) is 5.60. The SMILES string of the molecule is Cc1cc2c(cc1-c1cnnc(N)n1)OCCO2. The molecule has 1 aliphatic heterocycles. The van der Waals surface area contributed by atoms with Crippen molar-refractivity contribution >= 4 is 5.95 Å². The van der Waals surface area contributed by atoms with Crippen LogP contribution in [0.3, 0.4) is 0 Å². The van der Waals surface area contributed by atoms with E-state index in [-0.39, 0.29) is 5.95 Å².